The highest BCUT2D eigenvalue weighted by Gasteiger charge is 2.28. The van der Waals surface area contributed by atoms with Crippen molar-refractivity contribution in [2.45, 2.75) is 45.1 Å². The Labute approximate surface area is 235 Å². The number of aromatic nitrogens is 2. The summed E-state index contributed by atoms with van der Waals surface area (Å²) in [6.07, 6.45) is 2.94. The van der Waals surface area contributed by atoms with Crippen molar-refractivity contribution in [3.8, 4) is 5.75 Å². The number of nitro benzene ring substituents is 1. The van der Waals surface area contributed by atoms with Crippen LogP contribution in [-0.4, -0.2) is 51.7 Å². The number of nitro groups is 1. The van der Waals surface area contributed by atoms with E-state index in [1.54, 1.807) is 36.4 Å². The SMILES string of the molecule is COc1cc(C2CCN(C(=O)OC(C)(C)C)CC2)ccc1Nc1ncc(Br)c(Nc2ccccc2[N+](=O)[O-])n1. The third-order valence-electron chi connectivity index (χ3n) is 6.19. The Hall–Kier alpha value is -3.93. The molecule has 0 aliphatic carbocycles. The highest BCUT2D eigenvalue weighted by atomic mass is 79.9. The number of benzene rings is 2. The Morgan fingerprint density at radius 1 is 1.13 bits per heavy atom. The molecule has 1 amide bonds. The number of anilines is 4. The normalized spacial score (nSPS) is 14.0. The van der Waals surface area contributed by atoms with Crippen molar-refractivity contribution in [2.75, 3.05) is 30.8 Å². The molecule has 12 heteroatoms. The smallest absolute Gasteiger partial charge is 0.410 e. The molecule has 11 nitrogen and oxygen atoms in total. The number of halogens is 1. The summed E-state index contributed by atoms with van der Waals surface area (Å²) in [6.45, 7) is 6.86. The number of piperidine rings is 1. The molecule has 0 bridgehead atoms. The number of ether oxygens (including phenoxy) is 2. The van der Waals surface area contributed by atoms with Crippen LogP contribution in [-0.2, 0) is 4.74 Å². The van der Waals surface area contributed by atoms with E-state index in [1.165, 1.54) is 6.07 Å². The number of likely N-dealkylation sites (tertiary alicyclic amines) is 1. The topological polar surface area (TPSA) is 132 Å². The molecule has 2 aromatic carbocycles. The monoisotopic (exact) mass is 598 g/mol. The number of methoxy groups -OCH3 is 1. The molecule has 0 unspecified atom stereocenters. The van der Waals surface area contributed by atoms with Gasteiger partial charge < -0.3 is 25.0 Å². The lowest BCUT2D eigenvalue weighted by molar-refractivity contribution is -0.383. The first-order valence-corrected chi connectivity index (χ1v) is 13.3. The molecule has 0 atom stereocenters. The van der Waals surface area contributed by atoms with E-state index in [9.17, 15) is 14.9 Å². The number of carbonyl (C=O) groups excluding carboxylic acids is 1. The Morgan fingerprint density at radius 2 is 1.85 bits per heavy atom. The van der Waals surface area contributed by atoms with Crippen molar-refractivity contribution in [3.63, 3.8) is 0 Å². The van der Waals surface area contributed by atoms with Crippen LogP contribution < -0.4 is 15.4 Å². The first-order chi connectivity index (χ1) is 18.5. The minimum Gasteiger partial charge on any atom is -0.495 e. The highest BCUT2D eigenvalue weighted by Crippen LogP contribution is 2.36. The molecule has 206 valence electrons. The van der Waals surface area contributed by atoms with Crippen LogP contribution in [0.2, 0.25) is 0 Å². The molecular weight excluding hydrogens is 568 g/mol. The Bertz CT molecular complexity index is 1350. The zero-order chi connectivity index (χ0) is 28.2. The van der Waals surface area contributed by atoms with Crippen molar-refractivity contribution in [3.05, 3.63) is 68.8 Å². The third-order valence-corrected chi connectivity index (χ3v) is 6.77. The van der Waals surface area contributed by atoms with Gasteiger partial charge in [0.15, 0.2) is 5.82 Å². The van der Waals surface area contributed by atoms with Crippen LogP contribution >= 0.6 is 15.9 Å². The van der Waals surface area contributed by atoms with Gasteiger partial charge in [0.25, 0.3) is 5.69 Å². The summed E-state index contributed by atoms with van der Waals surface area (Å²) >= 11 is 3.40. The van der Waals surface area contributed by atoms with Gasteiger partial charge in [-0.2, -0.15) is 4.98 Å². The fraction of sp³-hybridized carbons (Fsp3) is 0.370. The quantitative estimate of drug-likeness (QED) is 0.223. The fourth-order valence-corrected chi connectivity index (χ4v) is 4.58. The van der Waals surface area contributed by atoms with Crippen LogP contribution in [0.5, 0.6) is 5.75 Å². The summed E-state index contributed by atoms with van der Waals surface area (Å²) in [5.41, 5.74) is 1.53. The Balaban J connectivity index is 1.46. The van der Waals surface area contributed by atoms with Gasteiger partial charge in [0.05, 0.1) is 22.2 Å². The standard InChI is InChI=1S/C27H31BrN6O5/c1-27(2,3)39-26(35)33-13-11-17(12-14-33)18-9-10-21(23(15-18)38-4)31-25-29-16-19(28)24(32-25)30-20-7-5-6-8-22(20)34(36)37/h5-10,15-17H,11-14H2,1-4H3,(H2,29,30,31,32). The van der Waals surface area contributed by atoms with Crippen molar-refractivity contribution in [2.24, 2.45) is 0 Å². The maximum Gasteiger partial charge on any atom is 0.410 e. The van der Waals surface area contributed by atoms with Gasteiger partial charge >= 0.3 is 6.09 Å². The van der Waals surface area contributed by atoms with E-state index in [2.05, 4.69) is 36.5 Å². The summed E-state index contributed by atoms with van der Waals surface area (Å²) in [6, 6.07) is 12.3. The second-order valence-corrected chi connectivity index (χ2v) is 11.0. The summed E-state index contributed by atoms with van der Waals surface area (Å²) < 4.78 is 11.7. The van der Waals surface area contributed by atoms with Crippen molar-refractivity contribution >= 4 is 50.9 Å². The Kier molecular flexibility index (Phi) is 8.54. The second kappa shape index (κ2) is 11.9. The van der Waals surface area contributed by atoms with E-state index in [0.717, 1.165) is 18.4 Å². The largest absolute Gasteiger partial charge is 0.495 e. The molecule has 4 rings (SSSR count). The summed E-state index contributed by atoms with van der Waals surface area (Å²) in [4.78, 5) is 33.9. The predicted octanol–water partition coefficient (Wildman–Crippen LogP) is 6.76. The number of hydrogen-bond donors (Lipinski definition) is 2. The van der Waals surface area contributed by atoms with Gasteiger partial charge in [0.1, 0.15) is 17.0 Å². The highest BCUT2D eigenvalue weighted by molar-refractivity contribution is 9.10. The van der Waals surface area contributed by atoms with E-state index in [4.69, 9.17) is 9.47 Å². The van der Waals surface area contributed by atoms with Crippen LogP contribution in [0.3, 0.4) is 0 Å². The molecule has 0 saturated carbocycles. The van der Waals surface area contributed by atoms with Crippen LogP contribution in [0.1, 0.15) is 45.1 Å². The average Bonchev–Trinajstić information content (AvgIpc) is 2.90. The minimum atomic E-state index is -0.515. The maximum atomic E-state index is 12.4. The molecule has 3 aromatic rings. The Morgan fingerprint density at radius 3 is 2.51 bits per heavy atom. The van der Waals surface area contributed by atoms with E-state index in [-0.39, 0.29) is 23.6 Å². The number of nitrogens with zero attached hydrogens (tertiary/aromatic N) is 4. The van der Waals surface area contributed by atoms with Gasteiger partial charge in [0, 0.05) is 25.4 Å². The van der Waals surface area contributed by atoms with Gasteiger partial charge in [-0.25, -0.2) is 9.78 Å². The molecule has 1 aliphatic rings. The van der Waals surface area contributed by atoms with Crippen LogP contribution in [0.25, 0.3) is 0 Å². The zero-order valence-corrected chi connectivity index (χ0v) is 23.8. The molecule has 1 fully saturated rings. The summed E-state index contributed by atoms with van der Waals surface area (Å²) in [5.74, 6) is 1.57. The van der Waals surface area contributed by atoms with Crippen molar-refractivity contribution in [1.82, 2.24) is 14.9 Å². The molecule has 1 saturated heterocycles. The lowest BCUT2D eigenvalue weighted by Crippen LogP contribution is -2.41. The van der Waals surface area contributed by atoms with E-state index < -0.39 is 10.5 Å². The van der Waals surface area contributed by atoms with Gasteiger partial charge in [-0.15, -0.1) is 0 Å². The van der Waals surface area contributed by atoms with Gasteiger partial charge in [-0.1, -0.05) is 18.2 Å². The predicted molar refractivity (Wildman–Crippen MR) is 152 cm³/mol. The van der Waals surface area contributed by atoms with Gasteiger partial charge in [-0.3, -0.25) is 10.1 Å². The second-order valence-electron chi connectivity index (χ2n) is 10.1. The number of hydrogen-bond acceptors (Lipinski definition) is 9. The van der Waals surface area contributed by atoms with Crippen LogP contribution in [0, 0.1) is 10.1 Å². The molecule has 1 aliphatic heterocycles. The number of amides is 1. The molecule has 2 N–H and O–H groups in total. The van der Waals surface area contributed by atoms with E-state index in [0.29, 0.717) is 40.5 Å². The zero-order valence-electron chi connectivity index (χ0n) is 22.2. The lowest BCUT2D eigenvalue weighted by Gasteiger charge is -2.33. The summed E-state index contributed by atoms with van der Waals surface area (Å²) in [5, 5.41) is 17.6. The number of carbonyl (C=O) groups is 1. The maximum absolute atomic E-state index is 12.4. The van der Waals surface area contributed by atoms with Crippen LogP contribution in [0.4, 0.5) is 33.6 Å². The number of rotatable bonds is 7. The van der Waals surface area contributed by atoms with Gasteiger partial charge in [-0.05, 0) is 79.2 Å². The van der Waals surface area contributed by atoms with Crippen molar-refractivity contribution in [1.29, 1.82) is 0 Å². The molecule has 0 radical (unpaired) electrons. The molecule has 2 heterocycles. The molecule has 0 spiro atoms. The average molecular weight is 599 g/mol. The van der Waals surface area contributed by atoms with E-state index >= 15 is 0 Å². The minimum absolute atomic E-state index is 0.0632. The van der Waals surface area contributed by atoms with Gasteiger partial charge in [0.2, 0.25) is 5.95 Å². The summed E-state index contributed by atoms with van der Waals surface area (Å²) in [7, 11) is 1.60. The number of para-hydroxylation sites is 2. The van der Waals surface area contributed by atoms with Crippen LogP contribution in [0.15, 0.2) is 53.1 Å². The first kappa shape index (κ1) is 28.1. The number of nitrogens with one attached hydrogen (secondary N) is 2. The fourth-order valence-electron chi connectivity index (χ4n) is 4.29. The third kappa shape index (κ3) is 7.14. The van der Waals surface area contributed by atoms with Crippen molar-refractivity contribution < 1.29 is 19.2 Å². The lowest BCUT2D eigenvalue weighted by atomic mass is 9.89. The first-order valence-electron chi connectivity index (χ1n) is 12.5. The van der Waals surface area contributed by atoms with E-state index in [1.807, 2.05) is 39.0 Å². The molecular formula is C27H31BrN6O5. The molecule has 39 heavy (non-hydrogen) atoms. The molecule has 1 aromatic heterocycles.